The predicted molar refractivity (Wildman–Crippen MR) is 118 cm³/mol. The van der Waals surface area contributed by atoms with Gasteiger partial charge in [-0.2, -0.15) is 0 Å². The monoisotopic (exact) mass is 465 g/mol. The van der Waals surface area contributed by atoms with Crippen molar-refractivity contribution in [2.24, 2.45) is 0 Å². The molecule has 34 heavy (non-hydrogen) atoms. The van der Waals surface area contributed by atoms with Gasteiger partial charge in [-0.3, -0.25) is 14.4 Å². The average molecular weight is 465 g/mol. The molecule has 5 rings (SSSR count). The summed E-state index contributed by atoms with van der Waals surface area (Å²) in [5.41, 5.74) is -0.214. The number of carbonyl (C=O) groups excluding carboxylic acids is 3. The normalized spacial score (nSPS) is 19.6. The van der Waals surface area contributed by atoms with Gasteiger partial charge in [-0.1, -0.05) is 12.1 Å². The second-order valence-electron chi connectivity index (χ2n) is 8.82. The van der Waals surface area contributed by atoms with Gasteiger partial charge in [-0.25, -0.2) is 9.37 Å². The van der Waals surface area contributed by atoms with Gasteiger partial charge < -0.3 is 24.5 Å². The van der Waals surface area contributed by atoms with Crippen LogP contribution in [-0.2, 0) is 24.4 Å². The standard InChI is InChI=1S/C24H24FN5O4/c1-24(23(33)27-11-15-4-6-16(25)7-5-15)13-29-14-28-19(20(29)22(32)30(24)17-8-9-17)21(31)26-12-18-3-2-10-34-18/h2-7,10,14,17H,8-9,11-13H2,1H3,(H,26,31)(H,27,33)/t24-/m1/s1. The fourth-order valence-corrected chi connectivity index (χ4v) is 4.36. The topological polar surface area (TPSA) is 109 Å². The van der Waals surface area contributed by atoms with E-state index >= 15 is 0 Å². The van der Waals surface area contributed by atoms with Crippen molar-refractivity contribution in [3.63, 3.8) is 0 Å². The zero-order valence-electron chi connectivity index (χ0n) is 18.6. The highest BCUT2D eigenvalue weighted by Crippen LogP contribution is 2.38. The number of nitrogens with zero attached hydrogens (tertiary/aromatic N) is 3. The van der Waals surface area contributed by atoms with Crippen LogP contribution < -0.4 is 10.6 Å². The molecule has 10 heteroatoms. The predicted octanol–water partition coefficient (Wildman–Crippen LogP) is 2.24. The molecule has 3 heterocycles. The minimum Gasteiger partial charge on any atom is -0.467 e. The number of furan rings is 1. The summed E-state index contributed by atoms with van der Waals surface area (Å²) < 4.78 is 20.0. The Kier molecular flexibility index (Phi) is 5.43. The number of halogens is 1. The van der Waals surface area contributed by atoms with Gasteiger partial charge in [-0.15, -0.1) is 0 Å². The van der Waals surface area contributed by atoms with Gasteiger partial charge in [-0.05, 0) is 49.6 Å². The van der Waals surface area contributed by atoms with Gasteiger partial charge in [0.1, 0.15) is 22.8 Å². The van der Waals surface area contributed by atoms with E-state index in [9.17, 15) is 18.8 Å². The number of rotatable bonds is 7. The summed E-state index contributed by atoms with van der Waals surface area (Å²) in [6, 6.07) is 9.25. The Balaban J connectivity index is 1.37. The fraction of sp³-hybridized carbons (Fsp3) is 0.333. The molecule has 3 amide bonds. The molecule has 1 fully saturated rings. The lowest BCUT2D eigenvalue weighted by Gasteiger charge is -2.44. The Hall–Kier alpha value is -3.95. The maximum absolute atomic E-state index is 13.6. The largest absolute Gasteiger partial charge is 0.467 e. The van der Waals surface area contributed by atoms with Crippen molar-refractivity contribution >= 4 is 17.7 Å². The van der Waals surface area contributed by atoms with E-state index in [0.717, 1.165) is 18.4 Å². The Labute approximate surface area is 194 Å². The van der Waals surface area contributed by atoms with E-state index in [1.54, 1.807) is 40.7 Å². The summed E-state index contributed by atoms with van der Waals surface area (Å²) in [7, 11) is 0. The van der Waals surface area contributed by atoms with Crippen molar-refractivity contribution in [1.29, 1.82) is 0 Å². The zero-order chi connectivity index (χ0) is 23.9. The lowest BCUT2D eigenvalue weighted by Crippen LogP contribution is -2.64. The first-order valence-corrected chi connectivity index (χ1v) is 11.1. The van der Waals surface area contributed by atoms with Gasteiger partial charge >= 0.3 is 0 Å². The summed E-state index contributed by atoms with van der Waals surface area (Å²) in [4.78, 5) is 45.5. The molecule has 1 aromatic carbocycles. The first-order chi connectivity index (χ1) is 16.4. The third kappa shape index (κ3) is 3.95. The minimum atomic E-state index is -1.16. The second-order valence-corrected chi connectivity index (χ2v) is 8.82. The average Bonchev–Trinajstić information content (AvgIpc) is 3.33. The number of carbonyl (C=O) groups is 3. The molecular weight excluding hydrogens is 441 g/mol. The molecule has 0 unspecified atom stereocenters. The van der Waals surface area contributed by atoms with Crippen molar-refractivity contribution in [2.75, 3.05) is 0 Å². The van der Waals surface area contributed by atoms with Crippen LogP contribution in [0, 0.1) is 5.82 Å². The van der Waals surface area contributed by atoms with Crippen LogP contribution in [0.2, 0.25) is 0 Å². The van der Waals surface area contributed by atoms with Gasteiger partial charge in [0.15, 0.2) is 5.69 Å². The van der Waals surface area contributed by atoms with E-state index in [-0.39, 0.29) is 48.8 Å². The van der Waals surface area contributed by atoms with Crippen LogP contribution >= 0.6 is 0 Å². The van der Waals surface area contributed by atoms with E-state index < -0.39 is 17.4 Å². The molecule has 0 radical (unpaired) electrons. The van der Waals surface area contributed by atoms with E-state index in [0.29, 0.717) is 5.76 Å². The quantitative estimate of drug-likeness (QED) is 0.556. The Morgan fingerprint density at radius 1 is 1.18 bits per heavy atom. The molecule has 3 aromatic rings. The Bertz CT molecular complexity index is 1230. The van der Waals surface area contributed by atoms with Gasteiger partial charge in [0, 0.05) is 12.6 Å². The summed E-state index contributed by atoms with van der Waals surface area (Å²) in [6.07, 6.45) is 4.52. The summed E-state index contributed by atoms with van der Waals surface area (Å²) >= 11 is 0. The van der Waals surface area contributed by atoms with Gasteiger partial charge in [0.2, 0.25) is 5.91 Å². The van der Waals surface area contributed by atoms with Crippen molar-refractivity contribution in [2.45, 2.75) is 51.0 Å². The number of imidazole rings is 1. The van der Waals surface area contributed by atoms with Gasteiger partial charge in [0.05, 0.1) is 25.7 Å². The van der Waals surface area contributed by atoms with E-state index in [1.807, 2.05) is 0 Å². The van der Waals surface area contributed by atoms with Crippen molar-refractivity contribution in [3.05, 3.63) is 77.5 Å². The highest BCUT2D eigenvalue weighted by Gasteiger charge is 2.53. The van der Waals surface area contributed by atoms with Gasteiger partial charge in [0.25, 0.3) is 11.8 Å². The number of fused-ring (bicyclic) bond motifs is 1. The molecule has 0 bridgehead atoms. The lowest BCUT2D eigenvalue weighted by molar-refractivity contribution is -0.133. The highest BCUT2D eigenvalue weighted by molar-refractivity contribution is 6.07. The second kappa shape index (κ2) is 8.44. The first kappa shape index (κ1) is 21.9. The molecule has 9 nitrogen and oxygen atoms in total. The smallest absolute Gasteiger partial charge is 0.274 e. The number of hydrogen-bond donors (Lipinski definition) is 2. The van der Waals surface area contributed by atoms with Crippen LogP contribution in [0.1, 0.15) is 52.1 Å². The molecule has 2 aromatic heterocycles. The molecule has 1 atom stereocenters. The third-order valence-corrected chi connectivity index (χ3v) is 6.25. The third-order valence-electron chi connectivity index (χ3n) is 6.25. The van der Waals surface area contributed by atoms with Crippen LogP contribution in [-0.4, -0.2) is 43.8 Å². The van der Waals surface area contributed by atoms with Crippen molar-refractivity contribution < 1.29 is 23.2 Å². The maximum atomic E-state index is 13.6. The number of aromatic nitrogens is 2. The lowest BCUT2D eigenvalue weighted by atomic mass is 9.93. The van der Waals surface area contributed by atoms with Crippen LogP contribution in [0.25, 0.3) is 0 Å². The molecule has 1 saturated carbocycles. The van der Waals surface area contributed by atoms with Crippen LogP contribution in [0.4, 0.5) is 4.39 Å². The Morgan fingerprint density at radius 3 is 2.62 bits per heavy atom. The first-order valence-electron chi connectivity index (χ1n) is 11.1. The van der Waals surface area contributed by atoms with Crippen LogP contribution in [0.3, 0.4) is 0 Å². The highest BCUT2D eigenvalue weighted by atomic mass is 19.1. The number of nitrogens with one attached hydrogen (secondary N) is 2. The maximum Gasteiger partial charge on any atom is 0.274 e. The molecule has 176 valence electrons. The van der Waals surface area contributed by atoms with E-state index in [1.165, 1.54) is 24.7 Å². The molecular formula is C24H24FN5O4. The van der Waals surface area contributed by atoms with Crippen molar-refractivity contribution in [1.82, 2.24) is 25.1 Å². The van der Waals surface area contributed by atoms with E-state index in [4.69, 9.17) is 4.42 Å². The number of amides is 3. The SMILES string of the molecule is C[C@]1(C(=O)NCc2ccc(F)cc2)Cn2cnc(C(=O)NCc3ccco3)c2C(=O)N1C1CC1. The zero-order valence-corrected chi connectivity index (χ0v) is 18.6. The Morgan fingerprint density at radius 2 is 1.94 bits per heavy atom. The molecule has 1 aliphatic carbocycles. The molecule has 0 spiro atoms. The molecule has 1 aliphatic heterocycles. The fourth-order valence-electron chi connectivity index (χ4n) is 4.36. The van der Waals surface area contributed by atoms with Crippen molar-refractivity contribution in [3.8, 4) is 0 Å². The van der Waals surface area contributed by atoms with Crippen LogP contribution in [0.5, 0.6) is 0 Å². The molecule has 2 aliphatic rings. The minimum absolute atomic E-state index is 0.0241. The summed E-state index contributed by atoms with van der Waals surface area (Å²) in [6.45, 7) is 2.27. The van der Waals surface area contributed by atoms with Crippen LogP contribution in [0.15, 0.2) is 53.4 Å². The number of benzene rings is 1. The molecule has 0 saturated heterocycles. The summed E-state index contributed by atoms with van der Waals surface area (Å²) in [5, 5.41) is 5.60. The van der Waals surface area contributed by atoms with E-state index in [2.05, 4.69) is 15.6 Å². The molecule has 2 N–H and O–H groups in total. The summed E-state index contributed by atoms with van der Waals surface area (Å²) in [5.74, 6) is -0.970. The number of hydrogen-bond acceptors (Lipinski definition) is 5.